The number of amides is 1. The maximum atomic E-state index is 12.8. The molecule has 0 aliphatic rings. The summed E-state index contributed by atoms with van der Waals surface area (Å²) in [5, 5.41) is 15.2. The lowest BCUT2D eigenvalue weighted by Gasteiger charge is -2.12. The Labute approximate surface area is 157 Å². The van der Waals surface area contributed by atoms with E-state index in [1.54, 1.807) is 30.3 Å². The van der Waals surface area contributed by atoms with Crippen molar-refractivity contribution in [3.05, 3.63) is 48.0 Å². The third kappa shape index (κ3) is 7.13. The van der Waals surface area contributed by atoms with Gasteiger partial charge >= 0.3 is 0 Å². The molecule has 0 bridgehead atoms. The monoisotopic (exact) mass is 377 g/mol. The van der Waals surface area contributed by atoms with Gasteiger partial charge in [0.2, 0.25) is 5.91 Å². The molecule has 2 aromatic rings. The van der Waals surface area contributed by atoms with Crippen molar-refractivity contribution in [1.29, 1.82) is 0 Å². The molecule has 0 aliphatic carbocycles. The summed E-state index contributed by atoms with van der Waals surface area (Å²) < 4.78 is 24.8. The van der Waals surface area contributed by atoms with E-state index in [-0.39, 0.29) is 24.5 Å². The van der Waals surface area contributed by atoms with Gasteiger partial charge in [0, 0.05) is 18.7 Å². The molecule has 1 atom stereocenters. The molecule has 5 N–H and O–H groups in total. The molecular formula is C20H25F2N3O2. The number of halogens is 2. The van der Waals surface area contributed by atoms with Gasteiger partial charge in [0.25, 0.3) is 0 Å². The summed E-state index contributed by atoms with van der Waals surface area (Å²) in [4.78, 5) is 11.9. The van der Waals surface area contributed by atoms with Gasteiger partial charge in [-0.1, -0.05) is 12.1 Å². The molecule has 0 aromatic heterocycles. The SMILES string of the molecule is Nc1cc(NCc2ccc(O)cc2)ccc1NC(=O)CCCC[C@@H](F)CF. The van der Waals surface area contributed by atoms with Gasteiger partial charge in [0.15, 0.2) is 0 Å². The highest BCUT2D eigenvalue weighted by Crippen LogP contribution is 2.24. The molecule has 2 aromatic carbocycles. The first-order chi connectivity index (χ1) is 13.0. The number of nitrogen functional groups attached to an aromatic ring is 1. The molecular weight excluding hydrogens is 352 g/mol. The molecule has 0 fully saturated rings. The van der Waals surface area contributed by atoms with Gasteiger partial charge in [-0.05, 0) is 55.2 Å². The van der Waals surface area contributed by atoms with Crippen LogP contribution in [0, 0.1) is 0 Å². The van der Waals surface area contributed by atoms with Crippen molar-refractivity contribution in [2.75, 3.05) is 23.0 Å². The van der Waals surface area contributed by atoms with Crippen LogP contribution in [0.3, 0.4) is 0 Å². The summed E-state index contributed by atoms with van der Waals surface area (Å²) in [5.74, 6) is 0.0113. The number of nitrogens with one attached hydrogen (secondary N) is 2. The minimum absolute atomic E-state index is 0.132. The third-order valence-electron chi connectivity index (χ3n) is 4.10. The molecule has 7 heteroatoms. The van der Waals surface area contributed by atoms with E-state index in [1.807, 2.05) is 12.1 Å². The van der Waals surface area contributed by atoms with E-state index in [4.69, 9.17) is 5.73 Å². The predicted molar refractivity (Wildman–Crippen MR) is 104 cm³/mol. The van der Waals surface area contributed by atoms with Crippen LogP contribution in [0.5, 0.6) is 5.75 Å². The number of phenols is 1. The summed E-state index contributed by atoms with van der Waals surface area (Å²) >= 11 is 0. The Hall–Kier alpha value is -2.83. The lowest BCUT2D eigenvalue weighted by atomic mass is 10.1. The number of unbranched alkanes of at least 4 members (excludes halogenated alkanes) is 1. The Morgan fingerprint density at radius 3 is 2.56 bits per heavy atom. The van der Waals surface area contributed by atoms with Gasteiger partial charge in [-0.2, -0.15) is 0 Å². The Morgan fingerprint density at radius 2 is 1.89 bits per heavy atom. The van der Waals surface area contributed by atoms with Gasteiger partial charge in [-0.15, -0.1) is 0 Å². The molecule has 2 rings (SSSR count). The zero-order valence-electron chi connectivity index (χ0n) is 15.1. The number of nitrogens with two attached hydrogens (primary N) is 1. The van der Waals surface area contributed by atoms with E-state index in [0.717, 1.165) is 11.3 Å². The van der Waals surface area contributed by atoms with Gasteiger partial charge < -0.3 is 21.5 Å². The molecule has 0 aliphatic heterocycles. The predicted octanol–water partition coefficient (Wildman–Crippen LogP) is 4.39. The number of hydrogen-bond acceptors (Lipinski definition) is 4. The fourth-order valence-corrected chi connectivity index (χ4v) is 2.55. The van der Waals surface area contributed by atoms with E-state index in [1.165, 1.54) is 0 Å². The van der Waals surface area contributed by atoms with E-state index in [9.17, 15) is 18.7 Å². The van der Waals surface area contributed by atoms with Crippen molar-refractivity contribution < 1.29 is 18.7 Å². The van der Waals surface area contributed by atoms with E-state index in [0.29, 0.717) is 30.8 Å². The van der Waals surface area contributed by atoms with Crippen molar-refractivity contribution in [1.82, 2.24) is 0 Å². The summed E-state index contributed by atoms with van der Waals surface area (Å²) in [6.45, 7) is -0.407. The van der Waals surface area contributed by atoms with Crippen LogP contribution in [0.4, 0.5) is 25.8 Å². The topological polar surface area (TPSA) is 87.4 Å². The number of aromatic hydroxyl groups is 1. The third-order valence-corrected chi connectivity index (χ3v) is 4.10. The Kier molecular flexibility index (Phi) is 7.85. The zero-order valence-corrected chi connectivity index (χ0v) is 15.1. The second-order valence-corrected chi connectivity index (χ2v) is 6.37. The largest absolute Gasteiger partial charge is 0.508 e. The number of rotatable bonds is 10. The van der Waals surface area contributed by atoms with Crippen LogP contribution in [0.2, 0.25) is 0 Å². The maximum Gasteiger partial charge on any atom is 0.224 e. The zero-order chi connectivity index (χ0) is 19.6. The van der Waals surface area contributed by atoms with E-state index >= 15 is 0 Å². The van der Waals surface area contributed by atoms with Gasteiger partial charge in [-0.3, -0.25) is 4.79 Å². The molecule has 0 saturated carbocycles. The molecule has 1 amide bonds. The minimum atomic E-state index is -1.44. The number of benzene rings is 2. The number of phenolic OH excluding ortho intramolecular Hbond substituents is 1. The van der Waals surface area contributed by atoms with Crippen LogP contribution in [0.15, 0.2) is 42.5 Å². The van der Waals surface area contributed by atoms with Crippen LogP contribution in [-0.4, -0.2) is 23.9 Å². The number of carbonyl (C=O) groups excluding carboxylic acids is 1. The first kappa shape index (κ1) is 20.5. The maximum absolute atomic E-state index is 12.8. The van der Waals surface area contributed by atoms with Crippen molar-refractivity contribution in [2.24, 2.45) is 0 Å². The second kappa shape index (κ2) is 10.4. The summed E-state index contributed by atoms with van der Waals surface area (Å²) in [7, 11) is 0. The molecule has 27 heavy (non-hydrogen) atoms. The average molecular weight is 377 g/mol. The minimum Gasteiger partial charge on any atom is -0.508 e. The molecule has 5 nitrogen and oxygen atoms in total. The van der Waals surface area contributed by atoms with E-state index < -0.39 is 12.8 Å². The Bertz CT molecular complexity index is 739. The molecule has 0 saturated heterocycles. The molecule has 0 spiro atoms. The quantitative estimate of drug-likeness (QED) is 0.365. The lowest BCUT2D eigenvalue weighted by molar-refractivity contribution is -0.116. The first-order valence-corrected chi connectivity index (χ1v) is 8.89. The first-order valence-electron chi connectivity index (χ1n) is 8.89. The summed E-state index contributed by atoms with van der Waals surface area (Å²) in [6.07, 6.45) is -0.107. The number of hydrogen-bond donors (Lipinski definition) is 4. The standard InChI is InChI=1S/C20H25F2N3O2/c21-12-15(22)3-1-2-4-20(27)25-19-10-7-16(11-18(19)23)24-13-14-5-8-17(26)9-6-14/h5-11,15,24,26H,1-4,12-13,23H2,(H,25,27)/t15-/m1/s1. The fraction of sp³-hybridized carbons (Fsp3) is 0.350. The van der Waals surface area contributed by atoms with Crippen molar-refractivity contribution in [2.45, 2.75) is 38.4 Å². The lowest BCUT2D eigenvalue weighted by Crippen LogP contribution is -2.13. The summed E-state index contributed by atoms with van der Waals surface area (Å²) in [5.41, 5.74) is 8.75. The van der Waals surface area contributed by atoms with Crippen molar-refractivity contribution >= 4 is 23.0 Å². The van der Waals surface area contributed by atoms with Crippen LogP contribution in [0.1, 0.15) is 31.2 Å². The number of anilines is 3. The van der Waals surface area contributed by atoms with Gasteiger partial charge in [0.05, 0.1) is 11.4 Å². The van der Waals surface area contributed by atoms with Gasteiger partial charge in [-0.25, -0.2) is 8.78 Å². The highest BCUT2D eigenvalue weighted by atomic mass is 19.2. The van der Waals surface area contributed by atoms with E-state index in [2.05, 4.69) is 10.6 Å². The van der Waals surface area contributed by atoms with Crippen LogP contribution in [0.25, 0.3) is 0 Å². The Morgan fingerprint density at radius 1 is 1.15 bits per heavy atom. The van der Waals surface area contributed by atoms with Gasteiger partial charge in [0.1, 0.15) is 18.6 Å². The smallest absolute Gasteiger partial charge is 0.224 e. The average Bonchev–Trinajstić information content (AvgIpc) is 2.66. The molecule has 0 unspecified atom stereocenters. The molecule has 146 valence electrons. The second-order valence-electron chi connectivity index (χ2n) is 6.37. The fourth-order valence-electron chi connectivity index (χ4n) is 2.55. The summed E-state index contributed by atoms with van der Waals surface area (Å²) in [6, 6.07) is 12.1. The van der Waals surface area contributed by atoms with Crippen molar-refractivity contribution in [3.8, 4) is 5.75 Å². The van der Waals surface area contributed by atoms with Crippen LogP contribution in [-0.2, 0) is 11.3 Å². The van der Waals surface area contributed by atoms with Crippen LogP contribution < -0.4 is 16.4 Å². The number of carbonyl (C=O) groups is 1. The highest BCUT2D eigenvalue weighted by molar-refractivity contribution is 5.94. The normalized spacial score (nSPS) is 11.8. The molecule has 0 radical (unpaired) electrons. The number of alkyl halides is 2. The Balaban J connectivity index is 1.79. The molecule has 0 heterocycles. The van der Waals surface area contributed by atoms with Crippen LogP contribution >= 0.6 is 0 Å². The highest BCUT2D eigenvalue weighted by Gasteiger charge is 2.08. The van der Waals surface area contributed by atoms with Crippen molar-refractivity contribution in [3.63, 3.8) is 0 Å².